The molecule has 4 aromatic rings. The lowest BCUT2D eigenvalue weighted by molar-refractivity contribution is -0.663. The number of rotatable bonds is 6. The van der Waals surface area contributed by atoms with Crippen molar-refractivity contribution in [3.63, 3.8) is 0 Å². The van der Waals surface area contributed by atoms with Crippen molar-refractivity contribution < 1.29 is 31.3 Å². The van der Waals surface area contributed by atoms with Gasteiger partial charge in [0.1, 0.15) is 6.54 Å². The van der Waals surface area contributed by atoms with E-state index in [9.17, 15) is 14.9 Å². The Balaban J connectivity index is 0.00000240. The van der Waals surface area contributed by atoms with Crippen LogP contribution in [0.4, 0.5) is 5.69 Å². The number of ketones is 1. The fraction of sp³-hybridized carbons (Fsp3) is 0.0909. The van der Waals surface area contributed by atoms with Crippen molar-refractivity contribution in [2.24, 2.45) is 0 Å². The molecule has 0 saturated heterocycles. The van der Waals surface area contributed by atoms with Gasteiger partial charge >= 0.3 is 0 Å². The van der Waals surface area contributed by atoms with Gasteiger partial charge in [-0.2, -0.15) is 0 Å². The summed E-state index contributed by atoms with van der Waals surface area (Å²) in [5.74, 6) is -0.0949. The molecule has 1 heterocycles. The Morgan fingerprint density at radius 1 is 0.931 bits per heavy atom. The highest BCUT2D eigenvalue weighted by molar-refractivity contribution is 5.96. The number of nitro benzene ring substituents is 1. The van der Waals surface area contributed by atoms with E-state index in [1.807, 2.05) is 53.4 Å². The summed E-state index contributed by atoms with van der Waals surface area (Å²) in [6.07, 6.45) is 1.95. The summed E-state index contributed by atoms with van der Waals surface area (Å²) in [4.78, 5) is 23.0. The van der Waals surface area contributed by atoms with Crippen molar-refractivity contribution in [1.29, 1.82) is 0 Å². The molecule has 0 radical (unpaired) electrons. The molecule has 0 atom stereocenters. The van der Waals surface area contributed by atoms with Crippen molar-refractivity contribution in [3.8, 4) is 0 Å². The first-order valence-electron chi connectivity index (χ1n) is 8.91. The molecule has 0 amide bonds. The van der Waals surface area contributed by atoms with Crippen LogP contribution in [0.2, 0.25) is 0 Å². The van der Waals surface area contributed by atoms with Gasteiger partial charge in [0.15, 0.2) is 17.6 Å². The van der Waals surface area contributed by atoms with E-state index in [2.05, 4.69) is 16.7 Å². The van der Waals surface area contributed by atoms with Gasteiger partial charge in [-0.05, 0) is 29.8 Å². The van der Waals surface area contributed by atoms with Gasteiger partial charge in [-0.1, -0.05) is 42.5 Å². The highest BCUT2D eigenvalue weighted by Crippen LogP contribution is 2.15. The van der Waals surface area contributed by atoms with Gasteiger partial charge in [0.05, 0.1) is 4.92 Å². The molecule has 7 heteroatoms. The van der Waals surface area contributed by atoms with E-state index in [1.54, 1.807) is 0 Å². The fourth-order valence-electron chi connectivity index (χ4n) is 3.29. The summed E-state index contributed by atoms with van der Waals surface area (Å²) >= 11 is 0. The smallest absolute Gasteiger partial charge is 0.269 e. The number of benzene rings is 3. The highest BCUT2D eigenvalue weighted by Gasteiger charge is 2.19. The molecule has 0 aliphatic rings. The summed E-state index contributed by atoms with van der Waals surface area (Å²) in [5, 5.41) is 10.8. The summed E-state index contributed by atoms with van der Waals surface area (Å²) in [5.41, 5.74) is 3.62. The van der Waals surface area contributed by atoms with E-state index in [4.69, 9.17) is 0 Å². The zero-order chi connectivity index (χ0) is 19.5. The number of Topliss-reactive ketones (excluding diaryl/α,β-unsaturated/α-hetero) is 1. The number of aromatic nitrogens is 2. The molecule has 1 aromatic heterocycles. The lowest BCUT2D eigenvalue weighted by atomic mass is 10.1. The Hall–Kier alpha value is -3.32. The van der Waals surface area contributed by atoms with Gasteiger partial charge in [-0.3, -0.25) is 14.9 Å². The molecule has 3 aromatic carbocycles. The number of imidazole rings is 1. The van der Waals surface area contributed by atoms with E-state index in [0.717, 1.165) is 11.0 Å². The summed E-state index contributed by atoms with van der Waals surface area (Å²) in [7, 11) is 0. The number of halogens is 1. The van der Waals surface area contributed by atoms with Crippen molar-refractivity contribution >= 4 is 22.5 Å². The number of para-hydroxylation sites is 2. The number of hydrogen-bond acceptors (Lipinski definition) is 3. The van der Waals surface area contributed by atoms with Crippen LogP contribution in [0, 0.1) is 10.1 Å². The average Bonchev–Trinajstić information content (AvgIpc) is 3.06. The lowest BCUT2D eigenvalue weighted by Gasteiger charge is -1.99. The van der Waals surface area contributed by atoms with Gasteiger partial charge in [0.25, 0.3) is 5.69 Å². The van der Waals surface area contributed by atoms with E-state index in [0.29, 0.717) is 12.1 Å². The predicted octanol–water partition coefficient (Wildman–Crippen LogP) is 0.772. The normalized spacial score (nSPS) is 10.5. The van der Waals surface area contributed by atoms with Crippen LogP contribution in [0.1, 0.15) is 15.9 Å². The Morgan fingerprint density at radius 2 is 1.59 bits per heavy atom. The van der Waals surface area contributed by atoms with Crippen LogP contribution < -0.4 is 21.5 Å². The molecule has 4 rings (SSSR count). The molecule has 0 unspecified atom stereocenters. The second-order valence-electron chi connectivity index (χ2n) is 6.57. The van der Waals surface area contributed by atoms with Crippen LogP contribution >= 0.6 is 0 Å². The van der Waals surface area contributed by atoms with Gasteiger partial charge in [-0.15, -0.1) is 0 Å². The van der Waals surface area contributed by atoms with Crippen molar-refractivity contribution in [2.75, 3.05) is 0 Å². The quantitative estimate of drug-likeness (QED) is 0.188. The first-order valence-corrected chi connectivity index (χ1v) is 8.91. The van der Waals surface area contributed by atoms with Crippen molar-refractivity contribution in [2.45, 2.75) is 13.1 Å². The van der Waals surface area contributed by atoms with Crippen LogP contribution in [0.3, 0.4) is 0 Å². The molecular weight excluding hydrogens is 434 g/mol. The summed E-state index contributed by atoms with van der Waals surface area (Å²) in [6.45, 7) is 0.875. The van der Waals surface area contributed by atoms with Crippen molar-refractivity contribution in [1.82, 2.24) is 4.57 Å². The van der Waals surface area contributed by atoms with Gasteiger partial charge in [0, 0.05) is 17.7 Å². The summed E-state index contributed by atoms with van der Waals surface area (Å²) in [6, 6.07) is 23.8. The molecule has 0 spiro atoms. The third-order valence-electron chi connectivity index (χ3n) is 4.69. The number of nitrogens with zero attached hydrogens (tertiary/aromatic N) is 3. The fourth-order valence-corrected chi connectivity index (χ4v) is 3.29. The molecule has 0 aliphatic carbocycles. The molecule has 0 fully saturated rings. The third kappa shape index (κ3) is 4.41. The topological polar surface area (TPSA) is 69.0 Å². The van der Waals surface area contributed by atoms with Crippen LogP contribution in [0.15, 0.2) is 85.2 Å². The predicted molar refractivity (Wildman–Crippen MR) is 105 cm³/mol. The van der Waals surface area contributed by atoms with E-state index in [1.165, 1.54) is 29.8 Å². The zero-order valence-corrected chi connectivity index (χ0v) is 17.0. The SMILES string of the molecule is O=C(Cn1c[n+](Cc2ccccc2)c2ccccc21)c1ccc([N+](=O)[O-])cc1.[Br-]. The second kappa shape index (κ2) is 8.79. The molecule has 0 N–H and O–H groups in total. The Labute approximate surface area is 177 Å². The molecule has 0 bridgehead atoms. The van der Waals surface area contributed by atoms with Crippen LogP contribution in [0.5, 0.6) is 0 Å². The Bertz CT molecular complexity index is 1160. The van der Waals surface area contributed by atoms with Gasteiger partial charge < -0.3 is 17.0 Å². The molecule has 6 nitrogen and oxygen atoms in total. The minimum atomic E-state index is -0.472. The monoisotopic (exact) mass is 451 g/mol. The molecular formula is C22H18BrN3O3. The van der Waals surface area contributed by atoms with Gasteiger partial charge in [0.2, 0.25) is 12.1 Å². The first-order chi connectivity index (χ1) is 13.6. The third-order valence-corrected chi connectivity index (χ3v) is 4.69. The lowest BCUT2D eigenvalue weighted by Crippen LogP contribution is -3.00. The van der Waals surface area contributed by atoms with E-state index in [-0.39, 0.29) is 35.0 Å². The largest absolute Gasteiger partial charge is 1.00 e. The Kier molecular flexibility index (Phi) is 6.19. The minimum absolute atomic E-state index is 0. The number of fused-ring (bicyclic) bond motifs is 1. The van der Waals surface area contributed by atoms with Crippen molar-refractivity contribution in [3.05, 3.63) is 106 Å². The van der Waals surface area contributed by atoms with E-state index < -0.39 is 4.92 Å². The van der Waals surface area contributed by atoms with Crippen LogP contribution in [-0.4, -0.2) is 15.3 Å². The average molecular weight is 452 g/mol. The minimum Gasteiger partial charge on any atom is -1.00 e. The molecule has 146 valence electrons. The second-order valence-corrected chi connectivity index (χ2v) is 6.57. The maximum atomic E-state index is 12.7. The standard InChI is InChI=1S/C22H18N3O3.BrH/c26-22(18-10-12-19(13-11-18)25(27)28)15-24-16-23(14-17-6-2-1-3-7-17)20-8-4-5-9-21(20)24;/h1-13,16H,14-15H2;1H/q+1;/p-1. The Morgan fingerprint density at radius 3 is 2.28 bits per heavy atom. The van der Waals surface area contributed by atoms with Gasteiger partial charge in [-0.25, -0.2) is 9.13 Å². The highest BCUT2D eigenvalue weighted by atomic mass is 79.9. The molecule has 0 aliphatic heterocycles. The number of nitro groups is 1. The van der Waals surface area contributed by atoms with Crippen LogP contribution in [-0.2, 0) is 13.1 Å². The first kappa shape index (κ1) is 20.4. The molecule has 0 saturated carbocycles. The van der Waals surface area contributed by atoms with Crippen LogP contribution in [0.25, 0.3) is 11.0 Å². The molecule has 29 heavy (non-hydrogen) atoms. The summed E-state index contributed by atoms with van der Waals surface area (Å²) < 4.78 is 4.04. The van der Waals surface area contributed by atoms with E-state index >= 15 is 0 Å². The zero-order valence-electron chi connectivity index (χ0n) is 15.4. The maximum absolute atomic E-state index is 12.7. The number of non-ortho nitro benzene ring substituents is 1. The number of carbonyl (C=O) groups is 1. The number of carbonyl (C=O) groups excluding carboxylic acids is 1. The number of hydrogen-bond donors (Lipinski definition) is 0. The maximum Gasteiger partial charge on any atom is 0.269 e.